The second kappa shape index (κ2) is 3.76. The Morgan fingerprint density at radius 2 is 2.44 bits per heavy atom. The van der Waals surface area contributed by atoms with E-state index in [0.29, 0.717) is 0 Å². The van der Waals surface area contributed by atoms with E-state index in [1.54, 1.807) is 6.92 Å². The number of carbonyl (C=O) groups excluding carboxylic acids is 2. The second-order valence-electron chi connectivity index (χ2n) is 4.67. The average molecular weight is 255 g/mol. The van der Waals surface area contributed by atoms with Crippen molar-refractivity contribution in [3.05, 3.63) is 0 Å². The van der Waals surface area contributed by atoms with Gasteiger partial charge in [-0.25, -0.2) is 4.79 Å². The Hall–Kier alpha value is -1.47. The molecule has 0 unspecified atom stereocenters. The predicted molar refractivity (Wildman–Crippen MR) is 56.8 cm³/mol. The minimum Gasteiger partial charge on any atom is -0.461 e. The van der Waals surface area contributed by atoms with Gasteiger partial charge in [0.05, 0.1) is 13.0 Å². The van der Waals surface area contributed by atoms with E-state index in [4.69, 9.17) is 14.3 Å². The molecule has 0 aromatic rings. The highest BCUT2D eigenvalue weighted by Gasteiger charge is 2.67. The van der Waals surface area contributed by atoms with Crippen LogP contribution in [0.4, 0.5) is 0 Å². The number of carbonyl (C=O) groups is 2. The molecule has 0 aromatic carbocycles. The number of fused-ring (bicyclic) bond motifs is 3. The van der Waals surface area contributed by atoms with Gasteiger partial charge in [0.15, 0.2) is 17.6 Å². The lowest BCUT2D eigenvalue weighted by Crippen LogP contribution is -2.57. The van der Waals surface area contributed by atoms with Crippen LogP contribution in [0.5, 0.6) is 0 Å². The van der Waals surface area contributed by atoms with Gasteiger partial charge in [0.1, 0.15) is 17.8 Å². The van der Waals surface area contributed by atoms with Crippen molar-refractivity contribution in [1.29, 1.82) is 0 Å². The van der Waals surface area contributed by atoms with Crippen molar-refractivity contribution in [3.63, 3.8) is 0 Å². The van der Waals surface area contributed by atoms with Gasteiger partial charge in [-0.2, -0.15) is 0 Å². The van der Waals surface area contributed by atoms with Crippen molar-refractivity contribution in [2.24, 2.45) is 5.16 Å². The standard InChI is InChI=1S/C11H13NO6/c1-2-16-10(14)5-4-11(15)7(18-12-5)3-6(13)8-9(11)17-8/h7-9,15H,2-4H2,1H3/t7-,8-,9-,11+/m0/s1. The maximum Gasteiger partial charge on any atom is 0.356 e. The lowest BCUT2D eigenvalue weighted by molar-refractivity contribution is -0.153. The van der Waals surface area contributed by atoms with Crippen LogP contribution in [0.15, 0.2) is 5.16 Å². The molecule has 0 aromatic heterocycles. The molecule has 2 heterocycles. The van der Waals surface area contributed by atoms with Gasteiger partial charge in [-0.3, -0.25) is 4.79 Å². The van der Waals surface area contributed by atoms with Crippen molar-refractivity contribution in [2.45, 2.75) is 43.7 Å². The summed E-state index contributed by atoms with van der Waals surface area (Å²) in [5.41, 5.74) is -1.33. The van der Waals surface area contributed by atoms with Gasteiger partial charge in [-0.05, 0) is 6.92 Å². The van der Waals surface area contributed by atoms with Crippen LogP contribution in [0.1, 0.15) is 19.8 Å². The zero-order valence-electron chi connectivity index (χ0n) is 9.79. The lowest BCUT2D eigenvalue weighted by atomic mass is 9.77. The van der Waals surface area contributed by atoms with E-state index in [1.165, 1.54) is 0 Å². The summed E-state index contributed by atoms with van der Waals surface area (Å²) in [6.07, 6.45) is -1.85. The van der Waals surface area contributed by atoms with Crippen molar-refractivity contribution in [2.75, 3.05) is 6.61 Å². The largest absolute Gasteiger partial charge is 0.461 e. The molecule has 1 saturated carbocycles. The van der Waals surface area contributed by atoms with Crippen LogP contribution in [0.3, 0.4) is 0 Å². The Morgan fingerprint density at radius 3 is 3.17 bits per heavy atom. The number of ether oxygens (including phenoxy) is 2. The summed E-state index contributed by atoms with van der Waals surface area (Å²) in [6.45, 7) is 1.90. The fraction of sp³-hybridized carbons (Fsp3) is 0.727. The van der Waals surface area contributed by atoms with Crippen LogP contribution in [0.25, 0.3) is 0 Å². The summed E-state index contributed by atoms with van der Waals surface area (Å²) in [4.78, 5) is 28.1. The Labute approximate surface area is 103 Å². The first kappa shape index (κ1) is 11.6. The van der Waals surface area contributed by atoms with E-state index in [-0.39, 0.29) is 30.9 Å². The predicted octanol–water partition coefficient (Wildman–Crippen LogP) is -0.834. The Morgan fingerprint density at radius 1 is 1.67 bits per heavy atom. The van der Waals surface area contributed by atoms with E-state index >= 15 is 0 Å². The van der Waals surface area contributed by atoms with Gasteiger partial charge < -0.3 is 19.4 Å². The van der Waals surface area contributed by atoms with Crippen molar-refractivity contribution in [1.82, 2.24) is 0 Å². The third-order valence-electron chi connectivity index (χ3n) is 3.50. The molecule has 0 amide bonds. The Balaban J connectivity index is 1.82. The van der Waals surface area contributed by atoms with Crippen molar-refractivity contribution in [3.8, 4) is 0 Å². The van der Waals surface area contributed by atoms with Crippen LogP contribution < -0.4 is 0 Å². The Kier molecular flexibility index (Phi) is 2.43. The van der Waals surface area contributed by atoms with Gasteiger partial charge in [0.25, 0.3) is 0 Å². The molecule has 1 aliphatic carbocycles. The summed E-state index contributed by atoms with van der Waals surface area (Å²) in [5, 5.41) is 14.2. The topological polar surface area (TPSA) is 97.7 Å². The maximum atomic E-state index is 11.5. The highest BCUT2D eigenvalue weighted by molar-refractivity contribution is 6.36. The number of Topliss-reactive ketones (excluding diaryl/α,β-unsaturated/α-hetero) is 1. The van der Waals surface area contributed by atoms with Crippen LogP contribution in [-0.4, -0.2) is 53.1 Å². The smallest absolute Gasteiger partial charge is 0.356 e. The SMILES string of the molecule is CCOC(=O)C1=NO[C@H]2CC(=O)[C@@H]3O[C@@H]3[C@@]2(O)C1. The van der Waals surface area contributed by atoms with E-state index in [2.05, 4.69) is 5.16 Å². The normalized spacial score (nSPS) is 41.1. The van der Waals surface area contributed by atoms with Crippen molar-refractivity contribution < 1.29 is 29.0 Å². The molecule has 3 rings (SSSR count). The molecule has 0 bridgehead atoms. The van der Waals surface area contributed by atoms with E-state index in [9.17, 15) is 14.7 Å². The number of nitrogens with zero attached hydrogens (tertiary/aromatic N) is 1. The molecule has 4 atom stereocenters. The number of aliphatic hydroxyl groups is 1. The second-order valence-corrected chi connectivity index (χ2v) is 4.67. The highest BCUT2D eigenvalue weighted by atomic mass is 16.7. The van der Waals surface area contributed by atoms with Crippen LogP contribution in [-0.2, 0) is 23.9 Å². The highest BCUT2D eigenvalue weighted by Crippen LogP contribution is 2.46. The molecule has 3 aliphatic rings. The summed E-state index contributed by atoms with van der Waals surface area (Å²) in [5.74, 6) is -0.706. The maximum absolute atomic E-state index is 11.5. The quantitative estimate of drug-likeness (QED) is 0.510. The summed E-state index contributed by atoms with van der Waals surface area (Å²) in [7, 11) is 0. The molecule has 7 heteroatoms. The fourth-order valence-electron chi connectivity index (χ4n) is 2.49. The summed E-state index contributed by atoms with van der Waals surface area (Å²) >= 11 is 0. The number of esters is 1. The van der Waals surface area contributed by atoms with Gasteiger partial charge in [0, 0.05) is 6.42 Å². The molecule has 1 N–H and O–H groups in total. The average Bonchev–Trinajstić information content (AvgIpc) is 3.12. The first-order chi connectivity index (χ1) is 8.56. The third-order valence-corrected chi connectivity index (χ3v) is 3.50. The molecule has 2 aliphatic heterocycles. The van der Waals surface area contributed by atoms with E-state index < -0.39 is 29.9 Å². The minimum atomic E-state index is -1.36. The molecule has 1 saturated heterocycles. The Bertz CT molecular complexity index is 447. The summed E-state index contributed by atoms with van der Waals surface area (Å²) in [6, 6.07) is 0. The van der Waals surface area contributed by atoms with Gasteiger partial charge >= 0.3 is 5.97 Å². The molecule has 98 valence electrons. The molecular weight excluding hydrogens is 242 g/mol. The number of ketones is 1. The van der Waals surface area contributed by atoms with Crippen molar-refractivity contribution >= 4 is 17.5 Å². The monoisotopic (exact) mass is 255 g/mol. The molecular formula is C11H13NO6. The first-order valence-corrected chi connectivity index (χ1v) is 5.86. The zero-order chi connectivity index (χ0) is 12.9. The fourth-order valence-corrected chi connectivity index (χ4v) is 2.49. The first-order valence-electron chi connectivity index (χ1n) is 5.86. The third kappa shape index (κ3) is 1.54. The molecule has 0 radical (unpaired) electrons. The van der Waals surface area contributed by atoms with Gasteiger partial charge in [-0.15, -0.1) is 0 Å². The van der Waals surface area contributed by atoms with Gasteiger partial charge in [-0.1, -0.05) is 5.16 Å². The van der Waals surface area contributed by atoms with Crippen LogP contribution in [0, 0.1) is 0 Å². The molecule has 0 spiro atoms. The number of rotatable bonds is 2. The minimum absolute atomic E-state index is 0.00898. The molecule has 2 fully saturated rings. The van der Waals surface area contributed by atoms with E-state index in [0.717, 1.165) is 0 Å². The number of oxime groups is 1. The van der Waals surface area contributed by atoms with Crippen LogP contribution in [0.2, 0.25) is 0 Å². The van der Waals surface area contributed by atoms with E-state index in [1.807, 2.05) is 0 Å². The molecule has 18 heavy (non-hydrogen) atoms. The molecule has 7 nitrogen and oxygen atoms in total. The summed E-state index contributed by atoms with van der Waals surface area (Å²) < 4.78 is 9.97. The number of hydrogen-bond acceptors (Lipinski definition) is 7. The number of hydrogen-bond donors (Lipinski definition) is 1. The van der Waals surface area contributed by atoms with Gasteiger partial charge in [0.2, 0.25) is 0 Å². The van der Waals surface area contributed by atoms with Crippen LogP contribution >= 0.6 is 0 Å². The zero-order valence-corrected chi connectivity index (χ0v) is 9.79. The lowest BCUT2D eigenvalue weighted by Gasteiger charge is -2.37. The number of epoxide rings is 1.